The lowest BCUT2D eigenvalue weighted by atomic mass is 10.0. The molecule has 0 heterocycles. The Kier molecular flexibility index (Phi) is 64.9. The van der Waals surface area contributed by atoms with E-state index in [1.807, 2.05) is 0 Å². The van der Waals surface area contributed by atoms with E-state index in [0.29, 0.717) is 25.7 Å². The fourth-order valence-electron chi connectivity index (χ4n) is 10.4. The lowest BCUT2D eigenvalue weighted by Crippen LogP contribution is -2.30. The van der Waals surface area contributed by atoms with Crippen LogP contribution >= 0.6 is 15.6 Å². The summed E-state index contributed by atoms with van der Waals surface area (Å²) in [5.74, 6) is -2.16. The van der Waals surface area contributed by atoms with Gasteiger partial charge >= 0.3 is 39.5 Å². The van der Waals surface area contributed by atoms with Crippen LogP contribution in [0.25, 0.3) is 0 Å². The molecule has 5 unspecified atom stereocenters. The number of hydrogen-bond donors (Lipinski definition) is 3. The van der Waals surface area contributed by atoms with Crippen molar-refractivity contribution in [1.82, 2.24) is 0 Å². The summed E-state index contributed by atoms with van der Waals surface area (Å²) >= 11 is 0. The largest absolute Gasteiger partial charge is 0.472 e. The van der Waals surface area contributed by atoms with E-state index in [0.717, 1.165) is 141 Å². The topological polar surface area (TPSA) is 237 Å². The van der Waals surface area contributed by atoms with Crippen molar-refractivity contribution >= 4 is 39.5 Å². The molecule has 0 aliphatic carbocycles. The number of rotatable bonds is 71. The molecule has 17 nitrogen and oxygen atoms in total. The summed E-state index contributed by atoms with van der Waals surface area (Å²) in [6.45, 7) is 4.83. The number of carbonyl (C=O) groups excluding carboxylic acids is 4. The molecular formula is C73H136O17P2. The maximum absolute atomic E-state index is 13.0. The van der Waals surface area contributed by atoms with Crippen molar-refractivity contribution in [3.8, 4) is 0 Å². The molecule has 0 aromatic rings. The Hall–Kier alpha value is -2.72. The first-order valence-electron chi connectivity index (χ1n) is 37.2. The van der Waals surface area contributed by atoms with Crippen molar-refractivity contribution in [1.29, 1.82) is 0 Å². The van der Waals surface area contributed by atoms with Crippen LogP contribution in [0.1, 0.15) is 349 Å². The highest BCUT2D eigenvalue weighted by Crippen LogP contribution is 2.45. The molecule has 0 spiro atoms. The van der Waals surface area contributed by atoms with Crippen molar-refractivity contribution in [3.63, 3.8) is 0 Å². The lowest BCUT2D eigenvalue weighted by Gasteiger charge is -2.21. The molecular weight excluding hydrogens is 1210 g/mol. The maximum Gasteiger partial charge on any atom is 0.472 e. The maximum atomic E-state index is 13.0. The van der Waals surface area contributed by atoms with Gasteiger partial charge in [0, 0.05) is 25.7 Å². The first kappa shape index (κ1) is 89.3. The summed E-state index contributed by atoms with van der Waals surface area (Å²) in [6.07, 6.45) is 60.0. The summed E-state index contributed by atoms with van der Waals surface area (Å²) in [5, 5.41) is 10.6. The Labute approximate surface area is 560 Å². The molecule has 0 amide bonds. The van der Waals surface area contributed by atoms with E-state index in [1.54, 1.807) is 0 Å². The van der Waals surface area contributed by atoms with Gasteiger partial charge in [0.15, 0.2) is 12.2 Å². The zero-order valence-electron chi connectivity index (χ0n) is 58.7. The summed E-state index contributed by atoms with van der Waals surface area (Å²) in [7, 11) is -9.92. The number of ether oxygens (including phenoxy) is 4. The van der Waals surface area contributed by atoms with E-state index in [4.69, 9.17) is 37.0 Å². The summed E-state index contributed by atoms with van der Waals surface area (Å²) < 4.78 is 68.3. The van der Waals surface area contributed by atoms with Crippen LogP contribution in [-0.4, -0.2) is 96.7 Å². The van der Waals surface area contributed by atoms with Crippen molar-refractivity contribution in [2.24, 2.45) is 0 Å². The molecule has 0 fully saturated rings. The molecule has 0 aromatic carbocycles. The van der Waals surface area contributed by atoms with Gasteiger partial charge in [-0.1, -0.05) is 282 Å². The van der Waals surface area contributed by atoms with Gasteiger partial charge in [0.05, 0.1) is 26.4 Å². The number of aliphatic hydroxyl groups is 1. The number of hydrogen-bond acceptors (Lipinski definition) is 15. The highest BCUT2D eigenvalue weighted by atomic mass is 31.2. The van der Waals surface area contributed by atoms with E-state index in [9.17, 15) is 43.2 Å². The monoisotopic (exact) mass is 1350 g/mol. The van der Waals surface area contributed by atoms with Crippen molar-refractivity contribution in [2.75, 3.05) is 39.6 Å². The van der Waals surface area contributed by atoms with Crippen LogP contribution in [0.15, 0.2) is 36.5 Å². The van der Waals surface area contributed by atoms with Gasteiger partial charge in [-0.2, -0.15) is 0 Å². The fourth-order valence-corrected chi connectivity index (χ4v) is 12.0. The fraction of sp³-hybridized carbons (Fsp3) is 0.863. The summed E-state index contributed by atoms with van der Waals surface area (Å²) in [5.41, 5.74) is 0. The summed E-state index contributed by atoms with van der Waals surface area (Å²) in [4.78, 5) is 72.6. The van der Waals surface area contributed by atoms with Crippen LogP contribution < -0.4 is 0 Å². The molecule has 19 heteroatoms. The molecule has 3 N–H and O–H groups in total. The molecule has 0 saturated heterocycles. The second-order valence-corrected chi connectivity index (χ2v) is 28.2. The highest BCUT2D eigenvalue weighted by molar-refractivity contribution is 7.47. The molecule has 540 valence electrons. The Morgan fingerprint density at radius 2 is 0.554 bits per heavy atom. The normalized spacial score (nSPS) is 14.2. The standard InChI is InChI=1S/C73H136O17P2/c1-5-9-13-17-21-25-29-32-33-36-39-42-46-50-54-58-71(76)84-64-69(90-73(78)60-56-52-48-44-40-35-31-27-23-19-15-11-7-3)66-88-92(81,82)86-62-67(74)61-85-91(79,80)87-65-68(89-72(77)59-55-51-47-43-37-28-24-20-16-12-8-4)63-83-70(75)57-53-49-45-41-38-34-30-26-22-18-14-10-6-2/h14,18,26,30,32-33,67-69,74H,5-13,15-17,19-25,27-29,31,34-66H2,1-4H3,(H,79,80)(H,81,82)/b18-14-,30-26-,33-32-. The molecule has 0 aliphatic rings. The lowest BCUT2D eigenvalue weighted by molar-refractivity contribution is -0.161. The van der Waals surface area contributed by atoms with Gasteiger partial charge in [0.2, 0.25) is 0 Å². The molecule has 5 atom stereocenters. The van der Waals surface area contributed by atoms with Crippen molar-refractivity contribution in [3.05, 3.63) is 36.5 Å². The van der Waals surface area contributed by atoms with E-state index in [-0.39, 0.29) is 25.7 Å². The molecule has 0 radical (unpaired) electrons. The average Bonchev–Trinajstić information content (AvgIpc) is 2.25. The minimum Gasteiger partial charge on any atom is -0.462 e. The number of phosphoric ester groups is 2. The van der Waals surface area contributed by atoms with Crippen LogP contribution in [0, 0.1) is 0 Å². The predicted molar refractivity (Wildman–Crippen MR) is 372 cm³/mol. The van der Waals surface area contributed by atoms with E-state index < -0.39 is 97.5 Å². The highest BCUT2D eigenvalue weighted by Gasteiger charge is 2.30. The first-order chi connectivity index (χ1) is 44.7. The van der Waals surface area contributed by atoms with Gasteiger partial charge < -0.3 is 33.8 Å². The molecule has 0 saturated carbocycles. The molecule has 0 rings (SSSR count). The third-order valence-electron chi connectivity index (χ3n) is 16.1. The Morgan fingerprint density at radius 1 is 0.304 bits per heavy atom. The Balaban J connectivity index is 5.28. The predicted octanol–water partition coefficient (Wildman–Crippen LogP) is 20.8. The second kappa shape index (κ2) is 66.9. The van der Waals surface area contributed by atoms with E-state index in [1.165, 1.54) is 128 Å². The first-order valence-corrected chi connectivity index (χ1v) is 40.2. The zero-order chi connectivity index (χ0) is 67.5. The molecule has 92 heavy (non-hydrogen) atoms. The van der Waals surface area contributed by atoms with Gasteiger partial charge in [-0.3, -0.25) is 37.3 Å². The minimum atomic E-state index is -4.96. The third kappa shape index (κ3) is 65.9. The minimum absolute atomic E-state index is 0.0994. The number of aliphatic hydroxyl groups excluding tert-OH is 1. The van der Waals surface area contributed by atoms with Gasteiger partial charge in [0.1, 0.15) is 19.3 Å². The number of unbranched alkanes of at least 4 members (excludes halogenated alkanes) is 39. The second-order valence-electron chi connectivity index (χ2n) is 25.2. The number of esters is 4. The van der Waals surface area contributed by atoms with Crippen LogP contribution in [-0.2, 0) is 65.4 Å². The van der Waals surface area contributed by atoms with E-state index in [2.05, 4.69) is 64.2 Å². The van der Waals surface area contributed by atoms with E-state index >= 15 is 0 Å². The van der Waals surface area contributed by atoms with Crippen molar-refractivity contribution < 1.29 is 80.2 Å². The summed E-state index contributed by atoms with van der Waals surface area (Å²) in [6, 6.07) is 0. The van der Waals surface area contributed by atoms with Crippen LogP contribution in [0.5, 0.6) is 0 Å². The van der Waals surface area contributed by atoms with Crippen LogP contribution in [0.3, 0.4) is 0 Å². The molecule has 0 aromatic heterocycles. The van der Waals surface area contributed by atoms with Crippen LogP contribution in [0.2, 0.25) is 0 Å². The van der Waals surface area contributed by atoms with Gasteiger partial charge in [-0.15, -0.1) is 0 Å². The Bertz CT molecular complexity index is 1900. The van der Waals surface area contributed by atoms with Crippen LogP contribution in [0.4, 0.5) is 0 Å². The van der Waals surface area contributed by atoms with Gasteiger partial charge in [-0.05, 0) is 77.0 Å². The SMILES string of the molecule is CCC/C=C\C/C=C\CCCCCCCC(=O)OCC(COP(=O)(O)OCC(O)COP(=O)(O)OCC(COC(=O)CCCCCCC/C=C\CCCCCCCC)OC(=O)CCCCCCCCCCCCCCC)OC(=O)CCCCCCCCCCCCC. The quantitative estimate of drug-likeness (QED) is 0.0169. The number of phosphoric acid groups is 2. The smallest absolute Gasteiger partial charge is 0.462 e. The molecule has 0 aliphatic heterocycles. The Morgan fingerprint density at radius 3 is 0.859 bits per heavy atom. The van der Waals surface area contributed by atoms with Gasteiger partial charge in [0.25, 0.3) is 0 Å². The average molecular weight is 1350 g/mol. The van der Waals surface area contributed by atoms with Crippen molar-refractivity contribution in [2.45, 2.75) is 367 Å². The molecule has 0 bridgehead atoms. The zero-order valence-corrected chi connectivity index (χ0v) is 60.5. The number of allylic oxidation sites excluding steroid dienone is 6. The third-order valence-corrected chi connectivity index (χ3v) is 18.0. The van der Waals surface area contributed by atoms with Gasteiger partial charge in [-0.25, -0.2) is 9.13 Å². The number of carbonyl (C=O) groups is 4.